The lowest BCUT2D eigenvalue weighted by atomic mass is 9.94. The third-order valence-electron chi connectivity index (χ3n) is 4.68. The molecule has 2 aliphatic rings. The number of carbonyl (C=O) groups is 1. The normalized spacial score (nSPS) is 19.4. The summed E-state index contributed by atoms with van der Waals surface area (Å²) in [4.78, 5) is 12.8. The molecular weight excluding hydrogens is 420 g/mol. The Hall–Kier alpha value is -1.18. The molecule has 0 radical (unpaired) electrons. The van der Waals surface area contributed by atoms with Crippen molar-refractivity contribution < 1.29 is 22.7 Å². The minimum Gasteiger partial charge on any atom is -0.462 e. The van der Waals surface area contributed by atoms with Crippen LogP contribution < -0.4 is 0 Å². The third kappa shape index (κ3) is 4.38. The molecule has 3 rings (SSSR count). The van der Waals surface area contributed by atoms with E-state index in [9.17, 15) is 13.2 Å². The summed E-state index contributed by atoms with van der Waals surface area (Å²) < 4.78 is 36.1. The molecule has 0 amide bonds. The lowest BCUT2D eigenvalue weighted by Crippen LogP contribution is -2.16. The minimum absolute atomic E-state index is 0.247. The molecule has 0 spiro atoms. The van der Waals surface area contributed by atoms with Gasteiger partial charge in [0.05, 0.1) is 22.3 Å². The zero-order chi connectivity index (χ0) is 18.7. The molecule has 7 heteroatoms. The first-order valence-corrected chi connectivity index (χ1v) is 11.3. The van der Waals surface area contributed by atoms with Crippen molar-refractivity contribution in [3.05, 3.63) is 34.3 Å². The highest BCUT2D eigenvalue weighted by atomic mass is 79.9. The highest BCUT2D eigenvalue weighted by Gasteiger charge is 2.38. The predicted octanol–water partition coefficient (Wildman–Crippen LogP) is 3.76. The first kappa shape index (κ1) is 19.6. The standard InChI is InChI=1S/C19H23BrO5S/c1-2-25-19(21)16(11-13-7-9-24-10-8-13)14-3-6-18(17(20)12-14)26(22,23)15-4-5-15/h3,6,11-13,15H,2,4-5,7-10H2,1H3. The molecule has 0 aromatic heterocycles. The largest absolute Gasteiger partial charge is 0.462 e. The quantitative estimate of drug-likeness (QED) is 0.495. The molecular formula is C19H23BrO5S. The Morgan fingerprint density at radius 2 is 1.96 bits per heavy atom. The van der Waals surface area contributed by atoms with Gasteiger partial charge in [0.1, 0.15) is 0 Å². The zero-order valence-corrected chi connectivity index (χ0v) is 17.1. The minimum atomic E-state index is -3.30. The monoisotopic (exact) mass is 442 g/mol. The van der Waals surface area contributed by atoms with Crippen LogP contribution in [-0.4, -0.2) is 39.5 Å². The van der Waals surface area contributed by atoms with Gasteiger partial charge in [-0.3, -0.25) is 0 Å². The van der Waals surface area contributed by atoms with Crippen LogP contribution in [0.15, 0.2) is 33.6 Å². The van der Waals surface area contributed by atoms with Gasteiger partial charge in [-0.1, -0.05) is 12.1 Å². The Balaban J connectivity index is 1.94. The Bertz CT molecular complexity index is 805. The van der Waals surface area contributed by atoms with Crippen LogP contribution in [0.5, 0.6) is 0 Å². The van der Waals surface area contributed by atoms with Gasteiger partial charge in [-0.25, -0.2) is 13.2 Å². The van der Waals surface area contributed by atoms with E-state index in [1.54, 1.807) is 25.1 Å². The fraction of sp³-hybridized carbons (Fsp3) is 0.526. The van der Waals surface area contributed by atoms with Crippen LogP contribution in [0.4, 0.5) is 0 Å². The van der Waals surface area contributed by atoms with Crippen molar-refractivity contribution >= 4 is 37.3 Å². The Kier molecular flexibility index (Phi) is 6.20. The molecule has 1 saturated heterocycles. The first-order valence-electron chi connectivity index (χ1n) is 8.94. The summed E-state index contributed by atoms with van der Waals surface area (Å²) in [5.41, 5.74) is 1.14. The van der Waals surface area contributed by atoms with Crippen LogP contribution in [-0.2, 0) is 24.1 Å². The van der Waals surface area contributed by atoms with Crippen molar-refractivity contribution in [2.24, 2.45) is 5.92 Å². The number of rotatable bonds is 6. The maximum atomic E-state index is 12.5. The number of allylic oxidation sites excluding steroid dienone is 1. The molecule has 1 aliphatic carbocycles. The molecule has 5 nitrogen and oxygen atoms in total. The van der Waals surface area contributed by atoms with E-state index in [2.05, 4.69) is 15.9 Å². The van der Waals surface area contributed by atoms with E-state index in [1.807, 2.05) is 6.08 Å². The van der Waals surface area contributed by atoms with Crippen molar-refractivity contribution in [1.82, 2.24) is 0 Å². The van der Waals surface area contributed by atoms with E-state index >= 15 is 0 Å². The van der Waals surface area contributed by atoms with Gasteiger partial charge in [-0.15, -0.1) is 0 Å². The van der Waals surface area contributed by atoms with Gasteiger partial charge in [0.2, 0.25) is 0 Å². The Morgan fingerprint density at radius 3 is 2.54 bits per heavy atom. The summed E-state index contributed by atoms with van der Waals surface area (Å²) in [6.45, 7) is 3.42. The Labute approximate surface area is 162 Å². The van der Waals surface area contributed by atoms with Gasteiger partial charge >= 0.3 is 5.97 Å². The summed E-state index contributed by atoms with van der Waals surface area (Å²) >= 11 is 3.38. The fourth-order valence-corrected chi connectivity index (χ4v) is 5.83. The van der Waals surface area contributed by atoms with Crippen LogP contribution in [0.2, 0.25) is 0 Å². The molecule has 0 atom stereocenters. The summed E-state index contributed by atoms with van der Waals surface area (Å²) in [6, 6.07) is 4.99. The van der Waals surface area contributed by atoms with Gasteiger partial charge in [-0.2, -0.15) is 0 Å². The van der Waals surface area contributed by atoms with Crippen LogP contribution in [0.25, 0.3) is 5.57 Å². The van der Waals surface area contributed by atoms with E-state index in [1.165, 1.54) is 0 Å². The smallest absolute Gasteiger partial charge is 0.338 e. The van der Waals surface area contributed by atoms with Crippen molar-refractivity contribution in [3.8, 4) is 0 Å². The van der Waals surface area contributed by atoms with E-state index in [4.69, 9.17) is 9.47 Å². The SMILES string of the molecule is CCOC(=O)C(=CC1CCOCC1)c1ccc(S(=O)(=O)C2CC2)c(Br)c1. The average molecular weight is 443 g/mol. The molecule has 26 heavy (non-hydrogen) atoms. The summed E-state index contributed by atoms with van der Waals surface area (Å²) in [5.74, 6) is -0.138. The fourth-order valence-electron chi connectivity index (χ4n) is 3.07. The summed E-state index contributed by atoms with van der Waals surface area (Å²) in [6.07, 6.45) is 5.09. The number of hydrogen-bond acceptors (Lipinski definition) is 5. The number of hydrogen-bond donors (Lipinski definition) is 0. The number of sulfone groups is 1. The lowest BCUT2D eigenvalue weighted by Gasteiger charge is -2.20. The molecule has 0 bridgehead atoms. The molecule has 1 saturated carbocycles. The summed E-state index contributed by atoms with van der Waals surface area (Å²) in [5, 5.41) is -0.271. The van der Waals surface area contributed by atoms with Crippen LogP contribution in [0.3, 0.4) is 0 Å². The van der Waals surface area contributed by atoms with E-state index < -0.39 is 9.84 Å². The third-order valence-corrected chi connectivity index (χ3v) is 7.91. The van der Waals surface area contributed by atoms with Crippen molar-refractivity contribution in [2.75, 3.05) is 19.8 Å². The van der Waals surface area contributed by atoms with Crippen molar-refractivity contribution in [3.63, 3.8) is 0 Å². The van der Waals surface area contributed by atoms with E-state index in [-0.39, 0.29) is 22.0 Å². The van der Waals surface area contributed by atoms with Crippen LogP contribution in [0, 0.1) is 5.92 Å². The lowest BCUT2D eigenvalue weighted by molar-refractivity contribution is -0.136. The first-order chi connectivity index (χ1) is 12.4. The molecule has 142 valence electrons. The van der Waals surface area contributed by atoms with Crippen molar-refractivity contribution in [1.29, 1.82) is 0 Å². The molecule has 1 heterocycles. The predicted molar refractivity (Wildman–Crippen MR) is 103 cm³/mol. The number of esters is 1. The second kappa shape index (κ2) is 8.23. The molecule has 0 N–H and O–H groups in total. The summed E-state index contributed by atoms with van der Waals surface area (Å²) in [7, 11) is -3.30. The average Bonchev–Trinajstić information content (AvgIpc) is 3.46. The topological polar surface area (TPSA) is 69.7 Å². The highest BCUT2D eigenvalue weighted by molar-refractivity contribution is 9.10. The zero-order valence-electron chi connectivity index (χ0n) is 14.7. The van der Waals surface area contributed by atoms with Gasteiger partial charge in [0.25, 0.3) is 0 Å². The van der Waals surface area contributed by atoms with Gasteiger partial charge < -0.3 is 9.47 Å². The molecule has 1 aromatic rings. The van der Waals surface area contributed by atoms with Crippen molar-refractivity contribution in [2.45, 2.75) is 42.8 Å². The molecule has 1 aromatic carbocycles. The van der Waals surface area contributed by atoms with Crippen LogP contribution in [0.1, 0.15) is 38.2 Å². The maximum Gasteiger partial charge on any atom is 0.338 e. The number of carbonyl (C=O) groups excluding carboxylic acids is 1. The van der Waals surface area contributed by atoms with E-state index in [0.29, 0.717) is 48.3 Å². The molecule has 2 fully saturated rings. The molecule has 1 aliphatic heterocycles. The number of benzene rings is 1. The van der Waals surface area contributed by atoms with E-state index in [0.717, 1.165) is 12.8 Å². The maximum absolute atomic E-state index is 12.5. The Morgan fingerprint density at radius 1 is 1.27 bits per heavy atom. The number of halogens is 1. The second-order valence-corrected chi connectivity index (χ2v) is 9.69. The second-order valence-electron chi connectivity index (χ2n) is 6.64. The highest BCUT2D eigenvalue weighted by Crippen LogP contribution is 2.37. The van der Waals surface area contributed by atoms with Gasteiger partial charge in [0.15, 0.2) is 9.84 Å². The van der Waals surface area contributed by atoms with Crippen LogP contribution >= 0.6 is 15.9 Å². The number of ether oxygens (including phenoxy) is 2. The van der Waals surface area contributed by atoms with Gasteiger partial charge in [0, 0.05) is 17.7 Å². The molecule has 0 unspecified atom stereocenters. The van der Waals surface area contributed by atoms with Gasteiger partial charge in [-0.05, 0) is 72.2 Å².